The SMILES string of the molecule is CNC(=O)c1cc(Oc2ccc(NC(=O)Nc3cc(C(C)(C)C)nn3-c3cccc(CO)c3)c(F)c2)ccn1.O=S(=O)(O)O. The van der Waals surface area contributed by atoms with Gasteiger partial charge < -0.3 is 20.5 Å². The molecule has 0 bridgehead atoms. The van der Waals surface area contributed by atoms with Crippen molar-refractivity contribution in [1.82, 2.24) is 20.1 Å². The van der Waals surface area contributed by atoms with Crippen molar-refractivity contribution >= 4 is 33.8 Å². The van der Waals surface area contributed by atoms with Crippen molar-refractivity contribution in [3.05, 3.63) is 89.6 Å². The Hall–Kier alpha value is -4.90. The number of rotatable bonds is 7. The fourth-order valence-electron chi connectivity index (χ4n) is 3.61. The van der Waals surface area contributed by atoms with Gasteiger partial charge in [0, 0.05) is 36.9 Å². The molecule has 2 heterocycles. The molecule has 0 aliphatic heterocycles. The molecule has 0 aliphatic carbocycles. The zero-order valence-corrected chi connectivity index (χ0v) is 24.9. The highest BCUT2D eigenvalue weighted by atomic mass is 32.3. The van der Waals surface area contributed by atoms with Gasteiger partial charge in [-0.25, -0.2) is 13.9 Å². The minimum Gasteiger partial charge on any atom is -0.457 e. The Labute approximate surface area is 252 Å². The summed E-state index contributed by atoms with van der Waals surface area (Å²) < 4.78 is 53.7. The molecule has 0 saturated heterocycles. The maximum atomic E-state index is 14.9. The number of carbonyl (C=O) groups is 2. The normalized spacial score (nSPS) is 11.2. The summed E-state index contributed by atoms with van der Waals surface area (Å²) in [6, 6.07) is 15.2. The van der Waals surface area contributed by atoms with Crippen LogP contribution in [0, 0.1) is 5.82 Å². The lowest BCUT2D eigenvalue weighted by atomic mass is 9.92. The molecule has 234 valence electrons. The van der Waals surface area contributed by atoms with E-state index < -0.39 is 22.2 Å². The van der Waals surface area contributed by atoms with Gasteiger partial charge in [0.15, 0.2) is 0 Å². The lowest BCUT2D eigenvalue weighted by Gasteiger charge is -2.14. The average molecular weight is 631 g/mol. The van der Waals surface area contributed by atoms with Gasteiger partial charge >= 0.3 is 16.4 Å². The van der Waals surface area contributed by atoms with Gasteiger partial charge in [-0.05, 0) is 35.9 Å². The molecule has 0 unspecified atom stereocenters. The number of hydrogen-bond acceptors (Lipinski definition) is 8. The van der Waals surface area contributed by atoms with Gasteiger partial charge in [-0.3, -0.25) is 24.2 Å². The predicted octanol–water partition coefficient (Wildman–Crippen LogP) is 4.34. The minimum atomic E-state index is -4.67. The maximum Gasteiger partial charge on any atom is 0.394 e. The van der Waals surface area contributed by atoms with Gasteiger partial charge in [0.2, 0.25) is 0 Å². The van der Waals surface area contributed by atoms with Gasteiger partial charge in [0.1, 0.15) is 28.8 Å². The second kappa shape index (κ2) is 14.0. The summed E-state index contributed by atoms with van der Waals surface area (Å²) >= 11 is 0. The predicted molar refractivity (Wildman–Crippen MR) is 159 cm³/mol. The number of pyridine rings is 1. The highest BCUT2D eigenvalue weighted by molar-refractivity contribution is 7.79. The molecule has 2 aromatic heterocycles. The van der Waals surface area contributed by atoms with Crippen molar-refractivity contribution in [2.75, 3.05) is 17.7 Å². The molecular formula is C28H31FN6O8S. The van der Waals surface area contributed by atoms with Gasteiger partial charge in [0.05, 0.1) is 23.7 Å². The third-order valence-corrected chi connectivity index (χ3v) is 5.67. The molecule has 0 spiro atoms. The Balaban J connectivity index is 0.000000978. The second-order valence-electron chi connectivity index (χ2n) is 10.1. The molecule has 0 fully saturated rings. The number of aliphatic hydroxyl groups is 1. The van der Waals surface area contributed by atoms with Crippen LogP contribution >= 0.6 is 0 Å². The van der Waals surface area contributed by atoms with Gasteiger partial charge in [-0.2, -0.15) is 13.5 Å². The standard InChI is InChI=1S/C28H29FN6O4.H2O4S/c1-28(2,3)24-15-25(35(34-24)18-7-5-6-17(12-18)16-36)33-27(38)32-22-9-8-19(13-21(22)29)39-20-10-11-31-23(14-20)26(37)30-4;1-5(2,3)4/h5-15,36H,16H2,1-4H3,(H,30,37)(H2,32,33,38);(H2,1,2,3,4). The number of benzene rings is 2. The monoisotopic (exact) mass is 630 g/mol. The summed E-state index contributed by atoms with van der Waals surface area (Å²) in [5.41, 5.74) is 1.86. The van der Waals surface area contributed by atoms with Crippen molar-refractivity contribution in [3.8, 4) is 17.2 Å². The fourth-order valence-corrected chi connectivity index (χ4v) is 3.61. The molecule has 4 rings (SSSR count). The molecule has 4 aromatic rings. The number of anilines is 2. The first-order valence-corrected chi connectivity index (χ1v) is 14.2. The third kappa shape index (κ3) is 9.84. The lowest BCUT2D eigenvalue weighted by Crippen LogP contribution is -2.22. The largest absolute Gasteiger partial charge is 0.457 e. The fraction of sp³-hybridized carbons (Fsp3) is 0.214. The summed E-state index contributed by atoms with van der Waals surface area (Å²) in [7, 11) is -3.18. The van der Waals surface area contributed by atoms with Crippen molar-refractivity contribution in [2.45, 2.75) is 32.8 Å². The molecule has 44 heavy (non-hydrogen) atoms. The van der Waals surface area contributed by atoms with E-state index in [0.717, 1.165) is 11.8 Å². The van der Waals surface area contributed by atoms with Crippen LogP contribution in [0.2, 0.25) is 0 Å². The minimum absolute atomic E-state index is 0.0648. The van der Waals surface area contributed by atoms with Crippen LogP contribution in [0.3, 0.4) is 0 Å². The molecule has 2 aromatic carbocycles. The topological polar surface area (TPSA) is 205 Å². The van der Waals surface area contributed by atoms with Crippen molar-refractivity contribution in [3.63, 3.8) is 0 Å². The molecule has 0 atom stereocenters. The van der Waals surface area contributed by atoms with Crippen LogP contribution in [-0.4, -0.2) is 56.4 Å². The number of nitrogens with zero attached hydrogens (tertiary/aromatic N) is 3. The van der Waals surface area contributed by atoms with E-state index in [1.807, 2.05) is 20.8 Å². The van der Waals surface area contributed by atoms with Crippen molar-refractivity contribution < 1.29 is 41.3 Å². The highest BCUT2D eigenvalue weighted by Gasteiger charge is 2.22. The maximum absolute atomic E-state index is 14.9. The van der Waals surface area contributed by atoms with E-state index in [2.05, 4.69) is 26.0 Å². The molecule has 3 amide bonds. The molecule has 0 aliphatic rings. The van der Waals surface area contributed by atoms with Crippen LogP contribution in [0.15, 0.2) is 66.9 Å². The van der Waals surface area contributed by atoms with E-state index in [1.54, 1.807) is 35.0 Å². The first-order valence-electron chi connectivity index (χ1n) is 12.8. The Morgan fingerprint density at radius 1 is 1.00 bits per heavy atom. The number of urea groups is 1. The first kappa shape index (κ1) is 33.6. The summed E-state index contributed by atoms with van der Waals surface area (Å²) in [5, 5.41) is 21.9. The lowest BCUT2D eigenvalue weighted by molar-refractivity contribution is 0.0957. The van der Waals surface area contributed by atoms with Crippen LogP contribution in [0.25, 0.3) is 5.69 Å². The molecule has 16 heteroatoms. The smallest absolute Gasteiger partial charge is 0.394 e. The Bertz CT molecular complexity index is 1750. The summed E-state index contributed by atoms with van der Waals surface area (Å²) in [6.07, 6.45) is 1.41. The van der Waals surface area contributed by atoms with E-state index in [0.29, 0.717) is 22.8 Å². The molecule has 0 radical (unpaired) electrons. The first-order chi connectivity index (χ1) is 20.6. The summed E-state index contributed by atoms with van der Waals surface area (Å²) in [5.74, 6) is -0.256. The number of aromatic nitrogens is 3. The van der Waals surface area contributed by atoms with Crippen LogP contribution in [0.1, 0.15) is 42.5 Å². The second-order valence-corrected chi connectivity index (χ2v) is 11.0. The number of hydrogen-bond donors (Lipinski definition) is 6. The Morgan fingerprint density at radius 2 is 1.68 bits per heavy atom. The molecular weight excluding hydrogens is 599 g/mol. The molecule has 0 saturated carbocycles. The van der Waals surface area contributed by atoms with Crippen molar-refractivity contribution in [2.24, 2.45) is 0 Å². The van der Waals surface area contributed by atoms with Gasteiger partial charge in [0.25, 0.3) is 5.91 Å². The van der Waals surface area contributed by atoms with Crippen LogP contribution in [0.4, 0.5) is 20.7 Å². The van der Waals surface area contributed by atoms with Gasteiger partial charge in [-0.15, -0.1) is 0 Å². The van der Waals surface area contributed by atoms with Crippen LogP contribution < -0.4 is 20.7 Å². The van der Waals surface area contributed by atoms with E-state index in [1.165, 1.54) is 37.5 Å². The van der Waals surface area contributed by atoms with Crippen molar-refractivity contribution in [1.29, 1.82) is 0 Å². The third-order valence-electron chi connectivity index (χ3n) is 5.67. The Morgan fingerprint density at radius 3 is 2.30 bits per heavy atom. The number of carbonyl (C=O) groups excluding carboxylic acids is 2. The number of aliphatic hydroxyl groups excluding tert-OH is 1. The van der Waals surface area contributed by atoms with Crippen LogP contribution in [-0.2, 0) is 22.4 Å². The Kier molecular flexibility index (Phi) is 10.7. The van der Waals surface area contributed by atoms with Crippen LogP contribution in [0.5, 0.6) is 11.5 Å². The molecule has 6 N–H and O–H groups in total. The zero-order valence-electron chi connectivity index (χ0n) is 24.1. The van der Waals surface area contributed by atoms with E-state index >= 15 is 0 Å². The summed E-state index contributed by atoms with van der Waals surface area (Å²) in [6.45, 7) is 5.86. The number of ether oxygens (including phenoxy) is 1. The number of amides is 3. The van der Waals surface area contributed by atoms with E-state index in [9.17, 15) is 19.1 Å². The van der Waals surface area contributed by atoms with E-state index in [4.69, 9.17) is 22.3 Å². The quantitative estimate of drug-likeness (QED) is 0.159. The molecule has 14 nitrogen and oxygen atoms in total. The number of halogens is 1. The average Bonchev–Trinajstić information content (AvgIpc) is 3.37. The number of nitrogens with one attached hydrogen (secondary N) is 3. The highest BCUT2D eigenvalue weighted by Crippen LogP contribution is 2.28. The summed E-state index contributed by atoms with van der Waals surface area (Å²) in [4.78, 5) is 28.6. The van der Waals surface area contributed by atoms with E-state index in [-0.39, 0.29) is 35.1 Å². The van der Waals surface area contributed by atoms with Gasteiger partial charge in [-0.1, -0.05) is 32.9 Å². The zero-order chi connectivity index (χ0) is 32.7.